The van der Waals surface area contributed by atoms with Crippen molar-refractivity contribution in [2.75, 3.05) is 0 Å². The molecule has 3 heterocycles. The van der Waals surface area contributed by atoms with Crippen LogP contribution in [0.5, 0.6) is 0 Å². The average Bonchev–Trinajstić information content (AvgIpc) is 2.98. The van der Waals surface area contributed by atoms with Crippen LogP contribution < -0.4 is 0 Å². The van der Waals surface area contributed by atoms with Gasteiger partial charge in [0.2, 0.25) is 5.89 Å². The highest BCUT2D eigenvalue weighted by molar-refractivity contribution is 9.10. The molecular weight excluding hydrogens is 320 g/mol. The summed E-state index contributed by atoms with van der Waals surface area (Å²) in [6.07, 6.45) is 7.21. The van der Waals surface area contributed by atoms with Crippen LogP contribution in [0.4, 0.5) is 0 Å². The molecule has 3 aromatic rings. The predicted octanol–water partition coefficient (Wildman–Crippen LogP) is 3.36. The van der Waals surface area contributed by atoms with Crippen molar-refractivity contribution >= 4 is 15.9 Å². The third kappa shape index (κ3) is 2.51. The Hall–Kier alpha value is -1.95. The van der Waals surface area contributed by atoms with Crippen molar-refractivity contribution in [2.45, 2.75) is 20.4 Å². The van der Waals surface area contributed by atoms with E-state index in [4.69, 9.17) is 4.42 Å². The summed E-state index contributed by atoms with van der Waals surface area (Å²) in [5.74, 6) is 2.38. The van der Waals surface area contributed by atoms with Crippen molar-refractivity contribution in [3.8, 4) is 11.4 Å². The first kappa shape index (κ1) is 13.1. The van der Waals surface area contributed by atoms with Crippen molar-refractivity contribution in [1.29, 1.82) is 0 Å². The average molecular weight is 333 g/mol. The number of halogens is 1. The number of oxazole rings is 1. The molecule has 0 spiro atoms. The molecule has 0 saturated heterocycles. The summed E-state index contributed by atoms with van der Waals surface area (Å²) in [6, 6.07) is 1.98. The molecule has 0 aliphatic carbocycles. The van der Waals surface area contributed by atoms with Gasteiger partial charge in [0.25, 0.3) is 0 Å². The Kier molecular flexibility index (Phi) is 3.40. The van der Waals surface area contributed by atoms with E-state index in [0.29, 0.717) is 12.4 Å². The Labute approximate surface area is 124 Å². The van der Waals surface area contributed by atoms with Gasteiger partial charge in [-0.15, -0.1) is 0 Å². The predicted molar refractivity (Wildman–Crippen MR) is 78.2 cm³/mol. The lowest BCUT2D eigenvalue weighted by molar-refractivity contribution is 0.458. The van der Waals surface area contributed by atoms with Crippen LogP contribution >= 0.6 is 15.9 Å². The van der Waals surface area contributed by atoms with Crippen molar-refractivity contribution in [3.05, 3.63) is 52.7 Å². The molecule has 0 bridgehead atoms. The maximum Gasteiger partial charge on any atom is 0.214 e. The van der Waals surface area contributed by atoms with Gasteiger partial charge in [-0.1, -0.05) is 0 Å². The molecule has 0 saturated carbocycles. The number of aromatic nitrogens is 4. The molecule has 6 heteroatoms. The molecule has 3 aromatic heterocycles. The summed E-state index contributed by atoms with van der Waals surface area (Å²) in [6.45, 7) is 4.41. The SMILES string of the molecule is Cc1nc(Cn2ccnc2-c2cncc(Br)c2)oc1C. The molecular formula is C14H13BrN4O. The van der Waals surface area contributed by atoms with Crippen LogP contribution in [0, 0.1) is 13.8 Å². The van der Waals surface area contributed by atoms with E-state index in [1.165, 1.54) is 0 Å². The zero-order chi connectivity index (χ0) is 14.1. The van der Waals surface area contributed by atoms with E-state index in [9.17, 15) is 0 Å². The molecule has 0 radical (unpaired) electrons. The van der Waals surface area contributed by atoms with Gasteiger partial charge in [0.05, 0.1) is 5.69 Å². The van der Waals surface area contributed by atoms with Gasteiger partial charge in [-0.3, -0.25) is 4.98 Å². The van der Waals surface area contributed by atoms with E-state index in [1.807, 2.05) is 30.7 Å². The molecule has 0 aromatic carbocycles. The van der Waals surface area contributed by atoms with E-state index in [-0.39, 0.29) is 0 Å². The lowest BCUT2D eigenvalue weighted by Gasteiger charge is -2.05. The largest absolute Gasteiger partial charge is 0.444 e. The second-order valence-electron chi connectivity index (χ2n) is 4.52. The zero-order valence-corrected chi connectivity index (χ0v) is 12.8. The fourth-order valence-electron chi connectivity index (χ4n) is 1.98. The molecule has 0 amide bonds. The quantitative estimate of drug-likeness (QED) is 0.737. The molecule has 0 fully saturated rings. The van der Waals surface area contributed by atoms with Gasteiger partial charge in [0.1, 0.15) is 18.1 Å². The van der Waals surface area contributed by atoms with E-state index < -0.39 is 0 Å². The minimum atomic E-state index is 0.552. The topological polar surface area (TPSA) is 56.7 Å². The molecule has 0 aliphatic heterocycles. The number of imidazole rings is 1. The zero-order valence-electron chi connectivity index (χ0n) is 11.2. The first-order chi connectivity index (χ1) is 9.63. The Morgan fingerprint density at radius 2 is 2.15 bits per heavy atom. The summed E-state index contributed by atoms with van der Waals surface area (Å²) < 4.78 is 8.54. The molecule has 0 unspecified atom stereocenters. The van der Waals surface area contributed by atoms with Crippen molar-refractivity contribution in [3.63, 3.8) is 0 Å². The molecule has 0 N–H and O–H groups in total. The molecule has 3 rings (SSSR count). The van der Waals surface area contributed by atoms with Crippen LogP contribution in [0.1, 0.15) is 17.3 Å². The highest BCUT2D eigenvalue weighted by atomic mass is 79.9. The third-order valence-corrected chi connectivity index (χ3v) is 3.49. The summed E-state index contributed by atoms with van der Waals surface area (Å²) >= 11 is 3.42. The molecule has 20 heavy (non-hydrogen) atoms. The maximum absolute atomic E-state index is 5.62. The fourth-order valence-corrected chi connectivity index (χ4v) is 2.35. The fraction of sp³-hybridized carbons (Fsp3) is 0.214. The van der Waals surface area contributed by atoms with Gasteiger partial charge in [-0.25, -0.2) is 9.97 Å². The molecule has 0 aliphatic rings. The second kappa shape index (κ2) is 5.20. The Morgan fingerprint density at radius 1 is 1.30 bits per heavy atom. The molecule has 5 nitrogen and oxygen atoms in total. The van der Waals surface area contributed by atoms with Crippen molar-refractivity contribution < 1.29 is 4.42 Å². The van der Waals surface area contributed by atoms with Crippen LogP contribution in [0.2, 0.25) is 0 Å². The first-order valence-electron chi connectivity index (χ1n) is 6.18. The summed E-state index contributed by atoms with van der Waals surface area (Å²) in [7, 11) is 0. The summed E-state index contributed by atoms with van der Waals surface area (Å²) in [5, 5.41) is 0. The summed E-state index contributed by atoms with van der Waals surface area (Å²) in [4.78, 5) is 13.0. The molecule has 102 valence electrons. The van der Waals surface area contributed by atoms with Gasteiger partial charge >= 0.3 is 0 Å². The lowest BCUT2D eigenvalue weighted by atomic mass is 10.3. The number of hydrogen-bond donors (Lipinski definition) is 0. The van der Waals surface area contributed by atoms with Crippen LogP contribution in [0.25, 0.3) is 11.4 Å². The Bertz CT molecular complexity index is 728. The Morgan fingerprint density at radius 3 is 2.85 bits per heavy atom. The number of aryl methyl sites for hydroxylation is 2. The van der Waals surface area contributed by atoms with Gasteiger partial charge in [-0.2, -0.15) is 0 Å². The number of rotatable bonds is 3. The lowest BCUT2D eigenvalue weighted by Crippen LogP contribution is -2.01. The number of nitrogens with zero attached hydrogens (tertiary/aromatic N) is 4. The third-order valence-electron chi connectivity index (χ3n) is 3.06. The van der Waals surface area contributed by atoms with Gasteiger partial charge < -0.3 is 8.98 Å². The normalized spacial score (nSPS) is 10.9. The highest BCUT2D eigenvalue weighted by Gasteiger charge is 2.11. The standard InChI is InChI=1S/C14H13BrN4O/c1-9-10(2)20-13(18-9)8-19-4-3-17-14(19)11-5-12(15)7-16-6-11/h3-7H,8H2,1-2H3. The minimum Gasteiger partial charge on any atom is -0.444 e. The Balaban J connectivity index is 1.94. The van der Waals surface area contributed by atoms with Crippen LogP contribution in [0.15, 0.2) is 39.7 Å². The highest BCUT2D eigenvalue weighted by Crippen LogP contribution is 2.21. The van der Waals surface area contributed by atoms with Crippen molar-refractivity contribution in [1.82, 2.24) is 19.5 Å². The van der Waals surface area contributed by atoms with Crippen molar-refractivity contribution in [2.24, 2.45) is 0 Å². The van der Waals surface area contributed by atoms with E-state index in [1.54, 1.807) is 18.6 Å². The van der Waals surface area contributed by atoms with E-state index in [2.05, 4.69) is 30.9 Å². The maximum atomic E-state index is 5.62. The van der Waals surface area contributed by atoms with Crippen LogP contribution in [0.3, 0.4) is 0 Å². The van der Waals surface area contributed by atoms with E-state index in [0.717, 1.165) is 27.3 Å². The smallest absolute Gasteiger partial charge is 0.214 e. The van der Waals surface area contributed by atoms with Crippen LogP contribution in [-0.2, 0) is 6.54 Å². The second-order valence-corrected chi connectivity index (χ2v) is 5.44. The molecule has 0 atom stereocenters. The monoisotopic (exact) mass is 332 g/mol. The summed E-state index contributed by atoms with van der Waals surface area (Å²) in [5.41, 5.74) is 1.87. The number of hydrogen-bond acceptors (Lipinski definition) is 4. The van der Waals surface area contributed by atoms with Gasteiger partial charge in [0.15, 0.2) is 0 Å². The number of pyridine rings is 1. The van der Waals surface area contributed by atoms with E-state index >= 15 is 0 Å². The minimum absolute atomic E-state index is 0.552. The first-order valence-corrected chi connectivity index (χ1v) is 6.98. The van der Waals surface area contributed by atoms with Gasteiger partial charge in [0, 0.05) is 34.8 Å². The van der Waals surface area contributed by atoms with Gasteiger partial charge in [-0.05, 0) is 35.8 Å². The van der Waals surface area contributed by atoms with Crippen LogP contribution in [-0.4, -0.2) is 19.5 Å².